The summed E-state index contributed by atoms with van der Waals surface area (Å²) in [7, 11) is 0. The number of nitrogens with zero attached hydrogens (tertiary/aromatic N) is 2. The van der Waals surface area contributed by atoms with E-state index in [-0.39, 0.29) is 0 Å². The van der Waals surface area contributed by atoms with Gasteiger partial charge in [0.2, 0.25) is 0 Å². The van der Waals surface area contributed by atoms with Gasteiger partial charge in [-0.3, -0.25) is 0 Å². The molecule has 1 aliphatic rings. The van der Waals surface area contributed by atoms with E-state index in [1.807, 2.05) is 0 Å². The molecule has 1 unspecified atom stereocenters. The second kappa shape index (κ2) is 6.48. The number of ether oxygens (including phenoxy) is 1. The van der Waals surface area contributed by atoms with Gasteiger partial charge in [-0.25, -0.2) is 9.97 Å². The fraction of sp³-hybridized carbons (Fsp3) is 0.692. The third kappa shape index (κ3) is 3.20. The largest absolute Gasteiger partial charge is 0.378 e. The zero-order valence-corrected chi connectivity index (χ0v) is 12.6. The lowest BCUT2D eigenvalue weighted by Crippen LogP contribution is -2.14. The van der Waals surface area contributed by atoms with Crippen LogP contribution in [-0.2, 0) is 17.6 Å². The fourth-order valence-electron chi connectivity index (χ4n) is 2.16. The van der Waals surface area contributed by atoms with Crippen molar-refractivity contribution >= 4 is 21.7 Å². The van der Waals surface area contributed by atoms with Crippen LogP contribution in [0, 0.1) is 0 Å². The molecule has 1 atom stereocenters. The van der Waals surface area contributed by atoms with Gasteiger partial charge in [0, 0.05) is 19.6 Å². The monoisotopic (exact) mass is 313 g/mol. The average molecular weight is 314 g/mol. The predicted molar refractivity (Wildman–Crippen MR) is 76.0 cm³/mol. The van der Waals surface area contributed by atoms with E-state index in [4.69, 9.17) is 4.74 Å². The lowest BCUT2D eigenvalue weighted by Gasteiger charge is -2.13. The Balaban J connectivity index is 2.20. The highest BCUT2D eigenvalue weighted by atomic mass is 79.9. The van der Waals surface area contributed by atoms with Crippen molar-refractivity contribution in [2.24, 2.45) is 0 Å². The van der Waals surface area contributed by atoms with Gasteiger partial charge in [-0.05, 0) is 42.1 Å². The number of hydrogen-bond acceptors (Lipinski definition) is 4. The van der Waals surface area contributed by atoms with E-state index in [0.29, 0.717) is 6.10 Å². The molecule has 1 aromatic heterocycles. The topological polar surface area (TPSA) is 47.0 Å². The van der Waals surface area contributed by atoms with Crippen molar-refractivity contribution in [3.63, 3.8) is 0 Å². The van der Waals surface area contributed by atoms with Gasteiger partial charge in [0.1, 0.15) is 11.6 Å². The van der Waals surface area contributed by atoms with Crippen LogP contribution in [0.3, 0.4) is 0 Å². The van der Waals surface area contributed by atoms with Crippen LogP contribution < -0.4 is 5.32 Å². The molecule has 0 aliphatic carbocycles. The molecule has 2 heterocycles. The van der Waals surface area contributed by atoms with Crippen molar-refractivity contribution < 1.29 is 4.74 Å². The highest BCUT2D eigenvalue weighted by Gasteiger charge is 2.19. The summed E-state index contributed by atoms with van der Waals surface area (Å²) in [6.07, 6.45) is 4.29. The van der Waals surface area contributed by atoms with E-state index in [1.54, 1.807) is 0 Å². The van der Waals surface area contributed by atoms with Gasteiger partial charge in [-0.1, -0.05) is 6.92 Å². The summed E-state index contributed by atoms with van der Waals surface area (Å²) >= 11 is 3.57. The fourth-order valence-corrected chi connectivity index (χ4v) is 2.76. The van der Waals surface area contributed by atoms with E-state index < -0.39 is 0 Å². The van der Waals surface area contributed by atoms with Crippen molar-refractivity contribution in [1.82, 2.24) is 9.97 Å². The van der Waals surface area contributed by atoms with Crippen molar-refractivity contribution in [3.05, 3.63) is 16.0 Å². The molecular formula is C13H20BrN3O. The van der Waals surface area contributed by atoms with Crippen LogP contribution >= 0.6 is 15.9 Å². The Morgan fingerprint density at radius 3 is 2.83 bits per heavy atom. The van der Waals surface area contributed by atoms with Crippen LogP contribution in [0.25, 0.3) is 0 Å². The lowest BCUT2D eigenvalue weighted by molar-refractivity contribution is 0.110. The number of anilines is 1. The lowest BCUT2D eigenvalue weighted by atomic mass is 10.1. The molecule has 1 saturated heterocycles. The Hall–Kier alpha value is -0.680. The molecule has 0 saturated carbocycles. The second-order valence-corrected chi connectivity index (χ2v) is 5.27. The molecule has 18 heavy (non-hydrogen) atoms. The van der Waals surface area contributed by atoms with Crippen LogP contribution in [0.4, 0.5) is 5.82 Å². The minimum absolute atomic E-state index is 0.297. The number of hydrogen-bond donors (Lipinski definition) is 1. The first-order valence-electron chi connectivity index (χ1n) is 6.65. The summed E-state index contributed by atoms with van der Waals surface area (Å²) in [5.41, 5.74) is 1.06. The van der Waals surface area contributed by atoms with Crippen LogP contribution in [0.15, 0.2) is 4.47 Å². The van der Waals surface area contributed by atoms with E-state index in [1.165, 1.54) is 0 Å². The Morgan fingerprint density at radius 2 is 2.22 bits per heavy atom. The molecule has 0 spiro atoms. The smallest absolute Gasteiger partial charge is 0.144 e. The van der Waals surface area contributed by atoms with Crippen molar-refractivity contribution in [2.75, 3.05) is 18.5 Å². The minimum atomic E-state index is 0.297. The molecule has 100 valence electrons. The standard InChI is InChI=1S/C13H20BrN3O/c1-3-10-12(14)13(15-4-2)17-11(16-10)8-9-6-5-7-18-9/h9H,3-8H2,1-2H3,(H,15,16,17). The van der Waals surface area contributed by atoms with Crippen LogP contribution in [0.5, 0.6) is 0 Å². The molecule has 0 aromatic carbocycles. The average Bonchev–Trinajstić information content (AvgIpc) is 2.86. The van der Waals surface area contributed by atoms with Crippen molar-refractivity contribution in [2.45, 2.75) is 45.6 Å². The quantitative estimate of drug-likeness (QED) is 0.908. The number of nitrogens with one attached hydrogen (secondary N) is 1. The summed E-state index contributed by atoms with van der Waals surface area (Å²) in [4.78, 5) is 9.20. The van der Waals surface area contributed by atoms with Gasteiger partial charge in [-0.15, -0.1) is 0 Å². The maximum Gasteiger partial charge on any atom is 0.144 e. The third-order valence-corrected chi connectivity index (χ3v) is 3.91. The highest BCUT2D eigenvalue weighted by molar-refractivity contribution is 9.10. The summed E-state index contributed by atoms with van der Waals surface area (Å²) in [6.45, 7) is 5.92. The van der Waals surface area contributed by atoms with Crippen LogP contribution in [-0.4, -0.2) is 29.2 Å². The zero-order valence-electron chi connectivity index (χ0n) is 11.0. The number of aromatic nitrogens is 2. The molecule has 5 heteroatoms. The summed E-state index contributed by atoms with van der Waals surface area (Å²) < 4.78 is 6.64. The first-order valence-corrected chi connectivity index (χ1v) is 7.44. The first-order chi connectivity index (χ1) is 8.74. The molecule has 1 aliphatic heterocycles. The Morgan fingerprint density at radius 1 is 1.39 bits per heavy atom. The summed E-state index contributed by atoms with van der Waals surface area (Å²) in [6, 6.07) is 0. The molecule has 0 amide bonds. The van der Waals surface area contributed by atoms with Gasteiger partial charge >= 0.3 is 0 Å². The predicted octanol–water partition coefficient (Wildman–Crippen LogP) is 2.95. The highest BCUT2D eigenvalue weighted by Crippen LogP contribution is 2.25. The molecule has 4 nitrogen and oxygen atoms in total. The molecule has 2 rings (SSSR count). The van der Waals surface area contributed by atoms with E-state index >= 15 is 0 Å². The molecule has 1 fully saturated rings. The minimum Gasteiger partial charge on any atom is -0.378 e. The Labute approximate surface area is 117 Å². The van der Waals surface area contributed by atoms with Crippen LogP contribution in [0.1, 0.15) is 38.2 Å². The second-order valence-electron chi connectivity index (χ2n) is 4.47. The zero-order chi connectivity index (χ0) is 13.0. The van der Waals surface area contributed by atoms with Crippen molar-refractivity contribution in [3.8, 4) is 0 Å². The molecule has 1 N–H and O–H groups in total. The van der Waals surface area contributed by atoms with Crippen molar-refractivity contribution in [1.29, 1.82) is 0 Å². The van der Waals surface area contributed by atoms with E-state index in [0.717, 1.165) is 60.6 Å². The molecule has 0 bridgehead atoms. The molecule has 0 radical (unpaired) electrons. The maximum absolute atomic E-state index is 5.65. The van der Waals surface area contributed by atoms with Gasteiger partial charge in [0.05, 0.1) is 16.3 Å². The van der Waals surface area contributed by atoms with Gasteiger partial charge in [0.25, 0.3) is 0 Å². The maximum atomic E-state index is 5.65. The number of aryl methyl sites for hydroxylation is 1. The Kier molecular flexibility index (Phi) is 4.95. The molecular weight excluding hydrogens is 294 g/mol. The normalized spacial score (nSPS) is 19.2. The van der Waals surface area contributed by atoms with Gasteiger partial charge in [-0.2, -0.15) is 0 Å². The summed E-state index contributed by atoms with van der Waals surface area (Å²) in [5.74, 6) is 1.79. The third-order valence-electron chi connectivity index (χ3n) is 3.08. The van der Waals surface area contributed by atoms with E-state index in [2.05, 4.69) is 45.1 Å². The number of halogens is 1. The van der Waals surface area contributed by atoms with Gasteiger partial charge in [0.15, 0.2) is 0 Å². The number of rotatable bonds is 5. The summed E-state index contributed by atoms with van der Waals surface area (Å²) in [5, 5.41) is 3.28. The molecule has 1 aromatic rings. The van der Waals surface area contributed by atoms with Crippen LogP contribution in [0.2, 0.25) is 0 Å². The van der Waals surface area contributed by atoms with Gasteiger partial charge < -0.3 is 10.1 Å². The first kappa shape index (κ1) is 13.7. The van der Waals surface area contributed by atoms with E-state index in [9.17, 15) is 0 Å². The Bertz CT molecular complexity index is 405. The SMILES string of the molecule is CCNc1nc(CC2CCCO2)nc(CC)c1Br.